The van der Waals surface area contributed by atoms with Gasteiger partial charge in [0.25, 0.3) is 0 Å². The molecule has 0 fully saturated rings. The predicted molar refractivity (Wildman–Crippen MR) is 17.8 cm³/mol. The van der Waals surface area contributed by atoms with Gasteiger partial charge in [-0.15, -0.1) is 0 Å². The first-order chi connectivity index (χ1) is 1.00. The molecule has 0 aromatic heterocycles. The summed E-state index contributed by atoms with van der Waals surface area (Å²) in [5.74, 6) is 0. The van der Waals surface area contributed by atoms with E-state index in [9.17, 15) is 0 Å². The standard InChI is InChI=1S/O.Pb.Sr.Ta.4H. The van der Waals surface area contributed by atoms with Crippen molar-refractivity contribution in [2.75, 3.05) is 0 Å². The second kappa shape index (κ2) is 16.8. The zero-order valence-electron chi connectivity index (χ0n) is 1.56. The van der Waals surface area contributed by atoms with Gasteiger partial charge in [-0.1, -0.05) is 0 Å². The quantitative estimate of drug-likeness (QED) is 0.357. The van der Waals surface area contributed by atoms with Crippen LogP contribution in [0.5, 0.6) is 0 Å². The van der Waals surface area contributed by atoms with Crippen LogP contribution in [0, 0.1) is 0 Å². The summed E-state index contributed by atoms with van der Waals surface area (Å²) in [4.78, 5) is 0. The topological polar surface area (TPSA) is 17.1 Å². The van der Waals surface area contributed by atoms with Crippen molar-refractivity contribution < 1.29 is 24.3 Å². The summed E-state index contributed by atoms with van der Waals surface area (Å²) >= 11 is 0.194. The molecule has 0 unspecified atom stereocenters. The summed E-state index contributed by atoms with van der Waals surface area (Å²) < 4.78 is 8.36. The van der Waals surface area contributed by atoms with Crippen LogP contribution < -0.4 is 0 Å². The average molecular weight is 496 g/mol. The third-order valence-electron chi connectivity index (χ3n) is 0. The van der Waals surface area contributed by atoms with Crippen LogP contribution in [0.2, 0.25) is 0 Å². The monoisotopic (exact) mass is 497 g/mol. The van der Waals surface area contributed by atoms with Crippen LogP contribution in [0.4, 0.5) is 0 Å². The van der Waals surface area contributed by atoms with Crippen molar-refractivity contribution in [3.63, 3.8) is 0 Å². The van der Waals surface area contributed by atoms with Crippen molar-refractivity contribution in [1.82, 2.24) is 0 Å². The summed E-state index contributed by atoms with van der Waals surface area (Å²) in [5, 5.41) is 0. The van der Waals surface area contributed by atoms with Crippen LogP contribution in [-0.4, -0.2) is 72.8 Å². The first-order valence-corrected chi connectivity index (χ1v) is 1.49. The van der Waals surface area contributed by atoms with Crippen LogP contribution in [0.1, 0.15) is 0 Å². The van der Waals surface area contributed by atoms with Crippen molar-refractivity contribution in [3.8, 4) is 0 Å². The molecule has 0 saturated heterocycles. The second-order valence-corrected chi connectivity index (χ2v) is 0. The van der Waals surface area contributed by atoms with Crippen LogP contribution >= 0.6 is 0 Å². The molecule has 0 aliphatic rings. The number of hydrogen-bond acceptors (Lipinski definition) is 1. The van der Waals surface area contributed by atoms with Gasteiger partial charge < -0.3 is 0 Å². The fourth-order valence-corrected chi connectivity index (χ4v) is 0. The van der Waals surface area contributed by atoms with E-state index in [0.717, 1.165) is 0 Å². The van der Waals surface area contributed by atoms with Crippen molar-refractivity contribution in [1.29, 1.82) is 0 Å². The molecule has 0 aromatic carbocycles. The minimum absolute atomic E-state index is 0. The molecule has 0 bridgehead atoms. The maximum atomic E-state index is 8.36. The molecule has 0 aromatic rings. The van der Waals surface area contributed by atoms with E-state index >= 15 is 0 Å². The normalized spacial score (nSPS) is 0.750. The van der Waals surface area contributed by atoms with E-state index < -0.39 is 0 Å². The number of rotatable bonds is 0. The molecule has 4 heteroatoms. The SMILES string of the molecule is [O]=[Ta].[PbH2].[SrH2]. The summed E-state index contributed by atoms with van der Waals surface area (Å²) in [7, 11) is 0. The van der Waals surface area contributed by atoms with Gasteiger partial charge in [0.15, 0.2) is 0 Å². The first-order valence-electron chi connectivity index (χ1n) is 0.183. The van der Waals surface area contributed by atoms with Crippen LogP contribution in [0.25, 0.3) is 0 Å². The van der Waals surface area contributed by atoms with E-state index in [1.54, 1.807) is 0 Å². The Kier molecular flexibility index (Phi) is 66.1. The van der Waals surface area contributed by atoms with E-state index in [4.69, 9.17) is 3.25 Å². The van der Waals surface area contributed by atoms with Gasteiger partial charge in [-0.25, -0.2) is 0 Å². The molecule has 0 spiro atoms. The molecule has 0 aliphatic heterocycles. The molecule has 0 amide bonds. The summed E-state index contributed by atoms with van der Waals surface area (Å²) in [5.41, 5.74) is 0. The molecule has 1 nitrogen and oxygen atoms in total. The van der Waals surface area contributed by atoms with Gasteiger partial charge in [-0.2, -0.15) is 0 Å². The first kappa shape index (κ1) is 15.8. The second-order valence-electron chi connectivity index (χ2n) is 0. The molecule has 0 atom stereocenters. The van der Waals surface area contributed by atoms with Gasteiger partial charge in [-0.3, -0.25) is 0 Å². The third kappa shape index (κ3) is 8.87. The summed E-state index contributed by atoms with van der Waals surface area (Å²) in [6.07, 6.45) is 0. The van der Waals surface area contributed by atoms with Gasteiger partial charge in [0.1, 0.15) is 0 Å². The van der Waals surface area contributed by atoms with Gasteiger partial charge in [0.05, 0.1) is 0 Å². The molecule has 0 saturated carbocycles. The van der Waals surface area contributed by atoms with Crippen molar-refractivity contribution >= 4 is 72.8 Å². The Labute approximate surface area is 94.6 Å². The molecule has 21 valence electrons. The van der Waals surface area contributed by atoms with E-state index in [1.165, 1.54) is 0 Å². The van der Waals surface area contributed by atoms with Gasteiger partial charge in [0.2, 0.25) is 0 Å². The molecule has 0 heterocycles. The molecule has 4 heavy (non-hydrogen) atoms. The molecular weight excluding hydrogens is 492 g/mol. The van der Waals surface area contributed by atoms with Gasteiger partial charge in [-0.05, 0) is 0 Å². The Morgan fingerprint density at radius 2 is 1.25 bits per heavy atom. The Morgan fingerprint density at radius 3 is 1.25 bits per heavy atom. The fourth-order valence-electron chi connectivity index (χ4n) is 0. The maximum absolute atomic E-state index is 8.36. The predicted octanol–water partition coefficient (Wildman–Crippen LogP) is -1.95. The van der Waals surface area contributed by atoms with E-state index in [0.29, 0.717) is 0 Å². The van der Waals surface area contributed by atoms with Gasteiger partial charge >= 0.3 is 97.1 Å². The summed E-state index contributed by atoms with van der Waals surface area (Å²) in [6, 6.07) is 0. The van der Waals surface area contributed by atoms with E-state index in [1.807, 2.05) is 0 Å². The van der Waals surface area contributed by atoms with E-state index in [-0.39, 0.29) is 93.8 Å². The van der Waals surface area contributed by atoms with Crippen molar-refractivity contribution in [3.05, 3.63) is 0 Å². The van der Waals surface area contributed by atoms with Crippen molar-refractivity contribution in [2.24, 2.45) is 0 Å². The Bertz CT molecular complexity index is 8.00. The van der Waals surface area contributed by atoms with E-state index in [2.05, 4.69) is 0 Å². The Hall–Kier alpha value is 2.94. The molecular formula is H4OPbSrTa. The minimum atomic E-state index is 0. The van der Waals surface area contributed by atoms with Crippen molar-refractivity contribution in [2.45, 2.75) is 0 Å². The zero-order chi connectivity index (χ0) is 2.00. The Morgan fingerprint density at radius 1 is 1.25 bits per heavy atom. The van der Waals surface area contributed by atoms with Crippen LogP contribution in [0.3, 0.4) is 0 Å². The average Bonchev–Trinajstić information content (AvgIpc) is 1.00. The van der Waals surface area contributed by atoms with Crippen LogP contribution in [0.15, 0.2) is 0 Å². The Balaban J connectivity index is -0.00000000500. The van der Waals surface area contributed by atoms with Crippen LogP contribution in [-0.2, 0) is 24.3 Å². The third-order valence-corrected chi connectivity index (χ3v) is 0. The number of hydrogen-bond donors (Lipinski definition) is 0. The molecule has 0 N–H and O–H groups in total. The fraction of sp³-hybridized carbons (Fsp3) is 0. The van der Waals surface area contributed by atoms with Gasteiger partial charge in [0, 0.05) is 0 Å². The molecule has 2 radical (unpaired) electrons. The zero-order valence-corrected chi connectivity index (χ0v) is 10.3. The molecule has 0 aliphatic carbocycles. The summed E-state index contributed by atoms with van der Waals surface area (Å²) in [6.45, 7) is 0. The molecule has 0 rings (SSSR count).